The molecule has 0 bridgehead atoms. The van der Waals surface area contributed by atoms with E-state index in [1.807, 2.05) is 0 Å². The van der Waals surface area contributed by atoms with Crippen molar-refractivity contribution in [3.8, 4) is 5.75 Å². The zero-order valence-corrected chi connectivity index (χ0v) is 7.55. The summed E-state index contributed by atoms with van der Waals surface area (Å²) >= 11 is 3.44. The maximum atomic E-state index is 10.7. The lowest BCUT2D eigenvalue weighted by atomic mass is 10.3. The van der Waals surface area contributed by atoms with Gasteiger partial charge in [-0.2, -0.15) is 8.42 Å². The second-order valence-corrected chi connectivity index (χ2v) is 3.59. The Kier molecular flexibility index (Phi) is 2.61. The van der Waals surface area contributed by atoms with Crippen LogP contribution in [0.5, 0.6) is 5.75 Å². The molecule has 1 rings (SSSR count). The van der Waals surface area contributed by atoms with E-state index in [0.29, 0.717) is 0 Å². The highest BCUT2D eigenvalue weighted by Gasteiger charge is 2.14. The second kappa shape index (κ2) is 3.34. The van der Waals surface area contributed by atoms with Crippen molar-refractivity contribution < 1.29 is 17.2 Å². The molecule has 0 aliphatic rings. The molecule has 0 heterocycles. The van der Waals surface area contributed by atoms with E-state index in [1.54, 1.807) is 6.07 Å². The van der Waals surface area contributed by atoms with Crippen molar-refractivity contribution in [2.75, 3.05) is 0 Å². The smallest absolute Gasteiger partial charge is 0.298 e. The number of thiol groups is 1. The van der Waals surface area contributed by atoms with Crippen molar-refractivity contribution in [1.29, 1.82) is 0 Å². The Hall–Kier alpha value is -0.720. The molecule has 1 aromatic rings. The molecule has 0 fully saturated rings. The first-order chi connectivity index (χ1) is 5.55. The Balaban J connectivity index is 3.33. The van der Waals surface area contributed by atoms with Crippen molar-refractivity contribution in [3.63, 3.8) is 0 Å². The van der Waals surface area contributed by atoms with Crippen molar-refractivity contribution >= 4 is 23.0 Å². The van der Waals surface area contributed by atoms with E-state index in [0.717, 1.165) is 0 Å². The predicted molar refractivity (Wildman–Crippen MR) is 45.9 cm³/mol. The van der Waals surface area contributed by atoms with Gasteiger partial charge in [-0.15, -0.1) is 0 Å². The second-order valence-electron chi connectivity index (χ2n) is 2.01. The number of hydrogen-bond acceptors (Lipinski definition) is 4. The molecule has 1 N–H and O–H groups in total. The summed E-state index contributed by atoms with van der Waals surface area (Å²) in [6.07, 6.45) is 0. The van der Waals surface area contributed by atoms with Crippen molar-refractivity contribution in [2.45, 2.75) is 4.90 Å². The Labute approximate surface area is 75.5 Å². The molecule has 0 unspecified atom stereocenters. The van der Waals surface area contributed by atoms with E-state index in [-0.39, 0.29) is 10.6 Å². The van der Waals surface area contributed by atoms with E-state index in [4.69, 9.17) is 4.55 Å². The molecule has 6 heteroatoms. The van der Waals surface area contributed by atoms with E-state index < -0.39 is 10.1 Å². The van der Waals surface area contributed by atoms with Gasteiger partial charge in [-0.25, -0.2) is 0 Å². The highest BCUT2D eigenvalue weighted by atomic mass is 32.2. The summed E-state index contributed by atoms with van der Waals surface area (Å²) < 4.78 is 34.4. The van der Waals surface area contributed by atoms with E-state index >= 15 is 0 Å². The van der Waals surface area contributed by atoms with Gasteiger partial charge in [0, 0.05) is 12.9 Å². The van der Waals surface area contributed by atoms with Crippen LogP contribution in [0.1, 0.15) is 0 Å². The molecule has 0 aliphatic carbocycles. The zero-order valence-electron chi connectivity index (χ0n) is 5.84. The molecule has 12 heavy (non-hydrogen) atoms. The SMILES string of the molecule is O=S(=O)(O)c1ccccc1OS. The van der Waals surface area contributed by atoms with Crippen LogP contribution in [-0.2, 0) is 10.1 Å². The first-order valence-electron chi connectivity index (χ1n) is 2.93. The van der Waals surface area contributed by atoms with Gasteiger partial charge in [0.1, 0.15) is 4.90 Å². The van der Waals surface area contributed by atoms with Crippen molar-refractivity contribution in [3.05, 3.63) is 24.3 Å². The van der Waals surface area contributed by atoms with Crippen LogP contribution in [0.25, 0.3) is 0 Å². The fourth-order valence-corrected chi connectivity index (χ4v) is 1.57. The topological polar surface area (TPSA) is 63.6 Å². The molecule has 0 aromatic heterocycles. The standard InChI is InChI=1S/C6H6O4S2/c7-12(8,9)6-4-2-1-3-5(6)10-11/h1-4,11H,(H,7,8,9). The molecule has 1 aromatic carbocycles. The van der Waals surface area contributed by atoms with Gasteiger partial charge in [-0.1, -0.05) is 12.1 Å². The Morgan fingerprint density at radius 2 is 1.92 bits per heavy atom. The fraction of sp³-hybridized carbons (Fsp3) is 0. The molecule has 0 amide bonds. The van der Waals surface area contributed by atoms with E-state index in [9.17, 15) is 8.42 Å². The van der Waals surface area contributed by atoms with Gasteiger partial charge < -0.3 is 4.18 Å². The number of benzene rings is 1. The Morgan fingerprint density at radius 3 is 2.33 bits per heavy atom. The summed E-state index contributed by atoms with van der Waals surface area (Å²) in [6.45, 7) is 0. The van der Waals surface area contributed by atoms with Gasteiger partial charge >= 0.3 is 0 Å². The molecule has 0 atom stereocenters. The van der Waals surface area contributed by atoms with Crippen LogP contribution < -0.4 is 4.18 Å². The van der Waals surface area contributed by atoms with Crippen LogP contribution in [0.3, 0.4) is 0 Å². The molecule has 66 valence electrons. The van der Waals surface area contributed by atoms with Gasteiger partial charge in [-0.05, 0) is 12.1 Å². The zero-order chi connectivity index (χ0) is 9.19. The van der Waals surface area contributed by atoms with Gasteiger partial charge in [0.05, 0.1) is 0 Å². The van der Waals surface area contributed by atoms with Crippen LogP contribution in [0, 0.1) is 0 Å². The third kappa shape index (κ3) is 1.90. The summed E-state index contributed by atoms with van der Waals surface area (Å²) in [4.78, 5) is -0.292. The van der Waals surface area contributed by atoms with Crippen LogP contribution >= 0.6 is 12.9 Å². The average molecular weight is 206 g/mol. The minimum absolute atomic E-state index is 0.00309. The third-order valence-electron chi connectivity index (χ3n) is 1.23. The van der Waals surface area contributed by atoms with Crippen molar-refractivity contribution in [1.82, 2.24) is 0 Å². The lowest BCUT2D eigenvalue weighted by Gasteiger charge is -2.02. The van der Waals surface area contributed by atoms with Crippen LogP contribution in [0.15, 0.2) is 29.2 Å². The molecule has 4 nitrogen and oxygen atoms in total. The summed E-state index contributed by atoms with van der Waals surface area (Å²) in [6, 6.07) is 5.65. The Morgan fingerprint density at radius 1 is 1.33 bits per heavy atom. The largest absolute Gasteiger partial charge is 0.427 e. The highest BCUT2D eigenvalue weighted by molar-refractivity contribution is 7.86. The van der Waals surface area contributed by atoms with Gasteiger partial charge in [0.15, 0.2) is 5.75 Å². The Bertz CT molecular complexity index is 371. The predicted octanol–water partition coefficient (Wildman–Crippen LogP) is 1.16. The number of para-hydroxylation sites is 1. The first kappa shape index (κ1) is 9.37. The van der Waals surface area contributed by atoms with E-state index in [1.165, 1.54) is 18.2 Å². The molecular formula is C6H6O4S2. The molecule has 0 spiro atoms. The third-order valence-corrected chi connectivity index (χ3v) is 2.32. The summed E-state index contributed by atoms with van der Waals surface area (Å²) in [5.74, 6) is 0.00309. The van der Waals surface area contributed by atoms with Crippen LogP contribution in [0.2, 0.25) is 0 Å². The number of hydrogen-bond donors (Lipinski definition) is 2. The minimum atomic E-state index is -4.22. The monoisotopic (exact) mass is 206 g/mol. The molecule has 0 radical (unpaired) electrons. The van der Waals surface area contributed by atoms with Gasteiger partial charge in [-0.3, -0.25) is 4.55 Å². The van der Waals surface area contributed by atoms with Gasteiger partial charge in [0.25, 0.3) is 10.1 Å². The maximum absolute atomic E-state index is 10.7. The molecule has 0 saturated heterocycles. The van der Waals surface area contributed by atoms with E-state index in [2.05, 4.69) is 17.1 Å². The average Bonchev–Trinajstić information content (AvgIpc) is 2.03. The summed E-state index contributed by atoms with van der Waals surface area (Å²) in [5.41, 5.74) is 0. The van der Waals surface area contributed by atoms with Crippen molar-refractivity contribution in [2.24, 2.45) is 0 Å². The highest BCUT2D eigenvalue weighted by Crippen LogP contribution is 2.23. The lowest BCUT2D eigenvalue weighted by Crippen LogP contribution is -1.99. The summed E-state index contributed by atoms with van der Waals surface area (Å²) in [5, 5.41) is 0. The molecular weight excluding hydrogens is 200 g/mol. The molecule has 0 aliphatic heterocycles. The maximum Gasteiger partial charge on any atom is 0.298 e. The quantitative estimate of drug-likeness (QED) is 0.433. The fourth-order valence-electron chi connectivity index (χ4n) is 0.739. The lowest BCUT2D eigenvalue weighted by molar-refractivity contribution is 0.479. The summed E-state index contributed by atoms with van der Waals surface area (Å²) in [7, 11) is -4.22. The minimum Gasteiger partial charge on any atom is -0.427 e. The van der Waals surface area contributed by atoms with Crippen LogP contribution in [0.4, 0.5) is 0 Å². The van der Waals surface area contributed by atoms with Gasteiger partial charge in [0.2, 0.25) is 0 Å². The van der Waals surface area contributed by atoms with Crippen LogP contribution in [-0.4, -0.2) is 13.0 Å². The number of rotatable bonds is 2. The molecule has 0 saturated carbocycles. The normalized spacial score (nSPS) is 11.2. The first-order valence-corrected chi connectivity index (χ1v) is 4.74.